The van der Waals surface area contributed by atoms with E-state index in [4.69, 9.17) is 5.26 Å². The predicted molar refractivity (Wildman–Crippen MR) is 115 cm³/mol. The molecule has 6 heteroatoms. The molecular formula is C23H21N5O. The number of hydrogen-bond donors (Lipinski definition) is 2. The molecule has 1 aliphatic rings. The van der Waals surface area contributed by atoms with E-state index in [0.717, 1.165) is 24.5 Å². The molecule has 4 rings (SSSR count). The van der Waals surface area contributed by atoms with Gasteiger partial charge in [0.05, 0.1) is 29.1 Å². The molecule has 1 aliphatic heterocycles. The number of benzene rings is 2. The molecule has 2 heterocycles. The molecule has 1 saturated heterocycles. The Balaban J connectivity index is 1.42. The van der Waals surface area contributed by atoms with Crippen LogP contribution in [0.25, 0.3) is 0 Å². The zero-order valence-electron chi connectivity index (χ0n) is 15.9. The number of amides is 1. The van der Waals surface area contributed by atoms with Crippen LogP contribution < -0.4 is 15.5 Å². The van der Waals surface area contributed by atoms with Gasteiger partial charge < -0.3 is 15.5 Å². The van der Waals surface area contributed by atoms with Crippen molar-refractivity contribution in [2.24, 2.45) is 0 Å². The maximum absolute atomic E-state index is 12.6. The molecule has 0 spiro atoms. The molecule has 2 aromatic carbocycles. The lowest BCUT2D eigenvalue weighted by Crippen LogP contribution is -2.17. The summed E-state index contributed by atoms with van der Waals surface area (Å²) in [5.74, 6) is -0.213. The number of carbonyl (C=O) groups excluding carboxylic acids is 1. The highest BCUT2D eigenvalue weighted by atomic mass is 16.1. The van der Waals surface area contributed by atoms with E-state index in [1.54, 1.807) is 24.4 Å². The average molecular weight is 383 g/mol. The minimum Gasteiger partial charge on any atom is -0.372 e. The Bertz CT molecular complexity index is 1030. The van der Waals surface area contributed by atoms with Gasteiger partial charge in [-0.25, -0.2) is 0 Å². The summed E-state index contributed by atoms with van der Waals surface area (Å²) in [6.45, 7) is 2.19. The predicted octanol–water partition coefficient (Wildman–Crippen LogP) is 4.55. The number of hydrogen-bond acceptors (Lipinski definition) is 5. The van der Waals surface area contributed by atoms with Crippen LogP contribution in [0.2, 0.25) is 0 Å². The lowest BCUT2D eigenvalue weighted by Gasteiger charge is -2.17. The minimum atomic E-state index is -0.213. The molecule has 1 fully saturated rings. The number of nitriles is 1. The number of rotatable bonds is 5. The minimum absolute atomic E-state index is 0.213. The maximum atomic E-state index is 12.6. The van der Waals surface area contributed by atoms with Crippen molar-refractivity contribution in [1.29, 1.82) is 5.26 Å². The fourth-order valence-electron chi connectivity index (χ4n) is 3.36. The molecule has 1 aromatic heterocycles. The van der Waals surface area contributed by atoms with Gasteiger partial charge in [0.25, 0.3) is 5.91 Å². The van der Waals surface area contributed by atoms with Crippen LogP contribution in [0, 0.1) is 11.3 Å². The third-order valence-corrected chi connectivity index (χ3v) is 4.90. The summed E-state index contributed by atoms with van der Waals surface area (Å²) in [7, 11) is 0. The lowest BCUT2D eigenvalue weighted by molar-refractivity contribution is 0.102. The maximum Gasteiger partial charge on any atom is 0.257 e. The first kappa shape index (κ1) is 18.5. The normalized spacial score (nSPS) is 13.0. The monoisotopic (exact) mass is 383 g/mol. The van der Waals surface area contributed by atoms with Gasteiger partial charge in [-0.1, -0.05) is 0 Å². The van der Waals surface area contributed by atoms with Gasteiger partial charge in [-0.15, -0.1) is 0 Å². The van der Waals surface area contributed by atoms with Crippen molar-refractivity contribution in [3.63, 3.8) is 0 Å². The summed E-state index contributed by atoms with van der Waals surface area (Å²) in [4.78, 5) is 19.1. The van der Waals surface area contributed by atoms with Crippen LogP contribution in [0.15, 0.2) is 67.0 Å². The van der Waals surface area contributed by atoms with E-state index in [1.807, 2.05) is 36.4 Å². The molecule has 0 aliphatic carbocycles. The molecule has 0 saturated carbocycles. The van der Waals surface area contributed by atoms with Crippen LogP contribution in [-0.4, -0.2) is 24.0 Å². The van der Waals surface area contributed by atoms with Crippen LogP contribution in [0.1, 0.15) is 28.8 Å². The molecule has 0 radical (unpaired) electrons. The van der Waals surface area contributed by atoms with Crippen molar-refractivity contribution >= 4 is 28.7 Å². The van der Waals surface area contributed by atoms with E-state index < -0.39 is 0 Å². The summed E-state index contributed by atoms with van der Waals surface area (Å²) in [5.41, 5.74) is 4.52. The van der Waals surface area contributed by atoms with Crippen LogP contribution in [-0.2, 0) is 0 Å². The Kier molecular flexibility index (Phi) is 5.39. The average Bonchev–Trinajstić information content (AvgIpc) is 3.30. The van der Waals surface area contributed by atoms with E-state index in [9.17, 15) is 4.79 Å². The number of nitrogens with zero attached hydrogens (tertiary/aromatic N) is 3. The summed E-state index contributed by atoms with van der Waals surface area (Å²) in [5, 5.41) is 15.0. The molecule has 2 N–H and O–H groups in total. The first-order valence-corrected chi connectivity index (χ1v) is 9.60. The Morgan fingerprint density at radius 3 is 2.31 bits per heavy atom. The SMILES string of the molecule is N#Cc1ccc(Nc2cncc(C(=O)Nc3ccc(N4CCCC4)cc3)c2)cc1. The number of pyridine rings is 1. The number of nitrogens with one attached hydrogen (secondary N) is 2. The van der Waals surface area contributed by atoms with E-state index >= 15 is 0 Å². The van der Waals surface area contributed by atoms with Crippen molar-refractivity contribution in [2.75, 3.05) is 28.6 Å². The first-order valence-electron chi connectivity index (χ1n) is 9.60. The van der Waals surface area contributed by atoms with Gasteiger partial charge in [-0.05, 0) is 67.4 Å². The third-order valence-electron chi connectivity index (χ3n) is 4.90. The van der Waals surface area contributed by atoms with Crippen molar-refractivity contribution in [3.05, 3.63) is 78.1 Å². The molecule has 0 unspecified atom stereocenters. The summed E-state index contributed by atoms with van der Waals surface area (Å²) in [6.07, 6.45) is 5.66. The molecule has 0 bridgehead atoms. The summed E-state index contributed by atoms with van der Waals surface area (Å²) in [6, 6.07) is 18.9. The highest BCUT2D eigenvalue weighted by Gasteiger charge is 2.13. The molecular weight excluding hydrogens is 362 g/mol. The second-order valence-electron chi connectivity index (χ2n) is 6.97. The molecule has 29 heavy (non-hydrogen) atoms. The highest BCUT2D eigenvalue weighted by molar-refractivity contribution is 6.04. The van der Waals surface area contributed by atoms with Crippen molar-refractivity contribution < 1.29 is 4.79 Å². The Labute approximate surface area is 169 Å². The quantitative estimate of drug-likeness (QED) is 0.676. The van der Waals surface area contributed by atoms with Crippen molar-refractivity contribution in [3.8, 4) is 6.07 Å². The molecule has 3 aromatic rings. The van der Waals surface area contributed by atoms with E-state index in [1.165, 1.54) is 24.7 Å². The Morgan fingerprint density at radius 2 is 1.62 bits per heavy atom. The smallest absolute Gasteiger partial charge is 0.257 e. The standard InChI is InChI=1S/C23H21N5O/c24-14-17-3-5-19(6-4-17)26-21-13-18(15-25-16-21)23(29)27-20-7-9-22(10-8-20)28-11-1-2-12-28/h3-10,13,15-16,26H,1-2,11-12H2,(H,27,29). The van der Waals surface area contributed by atoms with Gasteiger partial charge in [0.15, 0.2) is 0 Å². The van der Waals surface area contributed by atoms with Crippen molar-refractivity contribution in [1.82, 2.24) is 4.98 Å². The van der Waals surface area contributed by atoms with E-state index in [0.29, 0.717) is 16.8 Å². The fourth-order valence-corrected chi connectivity index (χ4v) is 3.36. The molecule has 144 valence electrons. The van der Waals surface area contributed by atoms with Gasteiger partial charge in [-0.3, -0.25) is 9.78 Å². The molecule has 6 nitrogen and oxygen atoms in total. The van der Waals surface area contributed by atoms with Crippen molar-refractivity contribution in [2.45, 2.75) is 12.8 Å². The van der Waals surface area contributed by atoms with Gasteiger partial charge in [0.2, 0.25) is 0 Å². The third kappa shape index (κ3) is 4.53. The Morgan fingerprint density at radius 1 is 0.931 bits per heavy atom. The molecule has 0 atom stereocenters. The number of aromatic nitrogens is 1. The fraction of sp³-hybridized carbons (Fsp3) is 0.174. The lowest BCUT2D eigenvalue weighted by atomic mass is 10.2. The van der Waals surface area contributed by atoms with E-state index in [2.05, 4.69) is 26.6 Å². The van der Waals surface area contributed by atoms with E-state index in [-0.39, 0.29) is 5.91 Å². The zero-order valence-corrected chi connectivity index (χ0v) is 15.9. The van der Waals surface area contributed by atoms with Gasteiger partial charge in [0.1, 0.15) is 0 Å². The van der Waals surface area contributed by atoms with Crippen LogP contribution in [0.5, 0.6) is 0 Å². The topological polar surface area (TPSA) is 81.0 Å². The van der Waals surface area contributed by atoms with Gasteiger partial charge in [-0.2, -0.15) is 5.26 Å². The zero-order chi connectivity index (χ0) is 20.1. The first-order chi connectivity index (χ1) is 14.2. The highest BCUT2D eigenvalue weighted by Crippen LogP contribution is 2.23. The van der Waals surface area contributed by atoms with Crippen LogP contribution >= 0.6 is 0 Å². The second kappa shape index (κ2) is 8.44. The molecule has 1 amide bonds. The summed E-state index contributed by atoms with van der Waals surface area (Å²) >= 11 is 0. The van der Waals surface area contributed by atoms with Gasteiger partial charge in [0, 0.05) is 36.3 Å². The number of anilines is 4. The van der Waals surface area contributed by atoms with Crippen LogP contribution in [0.4, 0.5) is 22.7 Å². The van der Waals surface area contributed by atoms with Gasteiger partial charge >= 0.3 is 0 Å². The Hall–Kier alpha value is -3.85. The number of carbonyl (C=O) groups is 1. The largest absolute Gasteiger partial charge is 0.372 e. The van der Waals surface area contributed by atoms with Crippen LogP contribution in [0.3, 0.4) is 0 Å². The second-order valence-corrected chi connectivity index (χ2v) is 6.97. The summed E-state index contributed by atoms with van der Waals surface area (Å²) < 4.78 is 0.